The fourth-order valence-corrected chi connectivity index (χ4v) is 1.96. The Morgan fingerprint density at radius 3 is 2.31 bits per heavy atom. The van der Waals surface area contributed by atoms with Gasteiger partial charge in [0.15, 0.2) is 5.78 Å². The van der Waals surface area contributed by atoms with Gasteiger partial charge in [0.1, 0.15) is 13.2 Å². The summed E-state index contributed by atoms with van der Waals surface area (Å²) in [6, 6.07) is 0. The molecule has 7 nitrogen and oxygen atoms in total. The van der Waals surface area contributed by atoms with Crippen molar-refractivity contribution >= 4 is 11.7 Å². The molecule has 154 valence electrons. The lowest BCUT2D eigenvalue weighted by molar-refractivity contribution is -0.134. The minimum atomic E-state index is -0.455. The molecule has 0 heterocycles. The Morgan fingerprint density at radius 1 is 1.08 bits per heavy atom. The lowest BCUT2D eigenvalue weighted by Gasteiger charge is -2.25. The highest BCUT2D eigenvalue weighted by molar-refractivity contribution is 5.85. The monoisotopic (exact) mass is 374 g/mol. The predicted octanol–water partition coefficient (Wildman–Crippen LogP) is 1.67. The van der Waals surface area contributed by atoms with Crippen LogP contribution < -0.4 is 11.1 Å². The minimum Gasteiger partial charge on any atom is -0.377 e. The third-order valence-corrected chi connectivity index (χ3v) is 3.89. The SMILES string of the molecule is CC(CCOC(C)(C)CCN)OCCNC(=O)COCC(=O)C(C)(C)C. The summed E-state index contributed by atoms with van der Waals surface area (Å²) in [7, 11) is 0. The molecule has 0 rings (SSSR count). The summed E-state index contributed by atoms with van der Waals surface area (Å²) in [6.07, 6.45) is 1.64. The molecule has 7 heteroatoms. The number of nitrogens with one attached hydrogen (secondary N) is 1. The van der Waals surface area contributed by atoms with Crippen molar-refractivity contribution in [2.45, 2.75) is 66.1 Å². The second-order valence-corrected chi connectivity index (χ2v) is 8.13. The van der Waals surface area contributed by atoms with Crippen LogP contribution in [-0.4, -0.2) is 62.9 Å². The van der Waals surface area contributed by atoms with Crippen LogP contribution in [-0.2, 0) is 23.8 Å². The first-order valence-electron chi connectivity index (χ1n) is 9.31. The van der Waals surface area contributed by atoms with E-state index in [0.717, 1.165) is 12.8 Å². The first kappa shape index (κ1) is 25.0. The second kappa shape index (κ2) is 12.4. The maximum atomic E-state index is 11.7. The highest BCUT2D eigenvalue weighted by Crippen LogP contribution is 2.15. The molecule has 0 aliphatic rings. The maximum absolute atomic E-state index is 11.7. The summed E-state index contributed by atoms with van der Waals surface area (Å²) < 4.78 is 16.6. The van der Waals surface area contributed by atoms with Crippen molar-refractivity contribution in [2.75, 3.05) is 39.5 Å². The van der Waals surface area contributed by atoms with Gasteiger partial charge in [-0.25, -0.2) is 0 Å². The highest BCUT2D eigenvalue weighted by Gasteiger charge is 2.21. The Labute approximate surface area is 158 Å². The van der Waals surface area contributed by atoms with Gasteiger partial charge in [-0.3, -0.25) is 9.59 Å². The number of carbonyl (C=O) groups is 2. The summed E-state index contributed by atoms with van der Waals surface area (Å²) in [5.74, 6) is -0.283. The number of amides is 1. The molecular formula is C19H38N2O5. The van der Waals surface area contributed by atoms with Crippen LogP contribution in [0.15, 0.2) is 0 Å². The number of carbonyl (C=O) groups excluding carboxylic acids is 2. The summed E-state index contributed by atoms with van der Waals surface area (Å²) in [4.78, 5) is 23.3. The van der Waals surface area contributed by atoms with E-state index in [1.807, 2.05) is 41.5 Å². The van der Waals surface area contributed by atoms with Crippen molar-refractivity contribution in [1.82, 2.24) is 5.32 Å². The highest BCUT2D eigenvalue weighted by atomic mass is 16.5. The molecule has 0 fully saturated rings. The second-order valence-electron chi connectivity index (χ2n) is 8.13. The number of ether oxygens (including phenoxy) is 3. The average Bonchev–Trinajstić information content (AvgIpc) is 2.50. The summed E-state index contributed by atoms with van der Waals surface area (Å²) >= 11 is 0. The van der Waals surface area contributed by atoms with Gasteiger partial charge in [-0.2, -0.15) is 0 Å². The van der Waals surface area contributed by atoms with Crippen molar-refractivity contribution in [2.24, 2.45) is 11.1 Å². The van der Waals surface area contributed by atoms with Gasteiger partial charge in [0, 0.05) is 18.6 Å². The molecular weight excluding hydrogens is 336 g/mol. The van der Waals surface area contributed by atoms with Gasteiger partial charge >= 0.3 is 0 Å². The van der Waals surface area contributed by atoms with E-state index in [4.69, 9.17) is 19.9 Å². The zero-order chi connectivity index (χ0) is 20.2. The van der Waals surface area contributed by atoms with Crippen LogP contribution in [0.5, 0.6) is 0 Å². The van der Waals surface area contributed by atoms with Crippen molar-refractivity contribution in [3.05, 3.63) is 0 Å². The quantitative estimate of drug-likeness (QED) is 0.449. The molecule has 0 radical (unpaired) electrons. The molecule has 26 heavy (non-hydrogen) atoms. The van der Waals surface area contributed by atoms with E-state index in [1.165, 1.54) is 0 Å². The Kier molecular flexibility index (Phi) is 11.9. The van der Waals surface area contributed by atoms with Crippen molar-refractivity contribution in [3.63, 3.8) is 0 Å². The molecule has 0 aliphatic heterocycles. The largest absolute Gasteiger partial charge is 0.377 e. The van der Waals surface area contributed by atoms with Crippen LogP contribution in [0.2, 0.25) is 0 Å². The average molecular weight is 375 g/mol. The summed E-state index contributed by atoms with van der Waals surface area (Å²) in [6.45, 7) is 13.3. The van der Waals surface area contributed by atoms with E-state index in [-0.39, 0.29) is 36.6 Å². The molecule has 1 atom stereocenters. The maximum Gasteiger partial charge on any atom is 0.246 e. The Morgan fingerprint density at radius 2 is 1.73 bits per heavy atom. The lowest BCUT2D eigenvalue weighted by atomic mass is 9.91. The lowest BCUT2D eigenvalue weighted by Crippen LogP contribution is -2.33. The van der Waals surface area contributed by atoms with E-state index in [0.29, 0.717) is 26.3 Å². The number of hydrogen-bond acceptors (Lipinski definition) is 6. The number of rotatable bonds is 14. The molecule has 0 saturated carbocycles. The Bertz CT molecular complexity index is 419. The van der Waals surface area contributed by atoms with Crippen molar-refractivity contribution < 1.29 is 23.8 Å². The van der Waals surface area contributed by atoms with E-state index < -0.39 is 5.41 Å². The minimum absolute atomic E-state index is 0.0284. The summed E-state index contributed by atoms with van der Waals surface area (Å²) in [5.41, 5.74) is 4.88. The number of Topliss-reactive ketones (excluding diaryl/α,β-unsaturated/α-hetero) is 1. The molecule has 0 spiro atoms. The smallest absolute Gasteiger partial charge is 0.246 e. The molecule has 1 unspecified atom stereocenters. The number of ketones is 1. The normalized spacial score (nSPS) is 13.5. The van der Waals surface area contributed by atoms with Gasteiger partial charge in [0.2, 0.25) is 5.91 Å². The van der Waals surface area contributed by atoms with Crippen LogP contribution in [0.25, 0.3) is 0 Å². The standard InChI is InChI=1S/C19H38N2O5/c1-15(7-11-26-19(5,6)8-9-20)25-12-10-21-17(23)14-24-13-16(22)18(2,3)4/h15H,7-14,20H2,1-6H3,(H,21,23). The number of nitrogens with two attached hydrogens (primary N) is 1. The van der Waals surface area contributed by atoms with Gasteiger partial charge in [-0.1, -0.05) is 20.8 Å². The zero-order valence-corrected chi connectivity index (χ0v) is 17.4. The molecule has 0 aromatic carbocycles. The zero-order valence-electron chi connectivity index (χ0n) is 17.4. The van der Waals surface area contributed by atoms with E-state index in [2.05, 4.69) is 5.32 Å². The van der Waals surface area contributed by atoms with Crippen LogP contribution in [0.1, 0.15) is 54.4 Å². The van der Waals surface area contributed by atoms with Gasteiger partial charge in [0.05, 0.1) is 18.3 Å². The third-order valence-electron chi connectivity index (χ3n) is 3.89. The van der Waals surface area contributed by atoms with Crippen LogP contribution >= 0.6 is 0 Å². The number of hydrogen-bond donors (Lipinski definition) is 2. The molecule has 3 N–H and O–H groups in total. The topological polar surface area (TPSA) is 99.9 Å². The van der Waals surface area contributed by atoms with Crippen LogP contribution in [0, 0.1) is 5.41 Å². The first-order chi connectivity index (χ1) is 12.0. The molecule has 0 aliphatic carbocycles. The molecule has 0 saturated heterocycles. The molecule has 0 aromatic heterocycles. The van der Waals surface area contributed by atoms with E-state index >= 15 is 0 Å². The predicted molar refractivity (Wildman–Crippen MR) is 102 cm³/mol. The Balaban J connectivity index is 3.69. The van der Waals surface area contributed by atoms with Gasteiger partial charge in [-0.15, -0.1) is 0 Å². The fourth-order valence-electron chi connectivity index (χ4n) is 1.96. The first-order valence-corrected chi connectivity index (χ1v) is 9.31. The Hall–Kier alpha value is -1.02. The van der Waals surface area contributed by atoms with Gasteiger partial charge in [0.25, 0.3) is 0 Å². The van der Waals surface area contributed by atoms with E-state index in [9.17, 15) is 9.59 Å². The van der Waals surface area contributed by atoms with Crippen LogP contribution in [0.3, 0.4) is 0 Å². The molecule has 0 bridgehead atoms. The van der Waals surface area contributed by atoms with E-state index in [1.54, 1.807) is 0 Å². The summed E-state index contributed by atoms with van der Waals surface area (Å²) in [5, 5.41) is 2.70. The molecule has 1 amide bonds. The fraction of sp³-hybridized carbons (Fsp3) is 0.895. The van der Waals surface area contributed by atoms with Crippen molar-refractivity contribution in [3.8, 4) is 0 Å². The van der Waals surface area contributed by atoms with Gasteiger partial charge < -0.3 is 25.3 Å². The van der Waals surface area contributed by atoms with Gasteiger partial charge in [-0.05, 0) is 40.2 Å². The van der Waals surface area contributed by atoms with Crippen LogP contribution in [0.4, 0.5) is 0 Å². The third kappa shape index (κ3) is 13.2. The van der Waals surface area contributed by atoms with Crippen molar-refractivity contribution in [1.29, 1.82) is 0 Å². The molecule has 0 aromatic rings.